The monoisotopic (exact) mass is 214 g/mol. The highest BCUT2D eigenvalue weighted by atomic mass is 16.3. The first-order valence-corrected chi connectivity index (χ1v) is 5.82. The fourth-order valence-electron chi connectivity index (χ4n) is 1.84. The van der Waals surface area contributed by atoms with Crippen LogP contribution in [0.2, 0.25) is 0 Å². The van der Waals surface area contributed by atoms with Crippen LogP contribution in [0.5, 0.6) is 0 Å². The molecule has 1 unspecified atom stereocenters. The predicted octanol–water partition coefficient (Wildman–Crippen LogP) is 3.40. The standard InChI is InChI=1S/C15H18O/c1-11(2)15(16)10-12-7-8-13-5-3-4-6-14(13)9-12/h3-9,11,15-16H,10H2,1-2H3. The largest absolute Gasteiger partial charge is 0.393 e. The van der Waals surface area contributed by atoms with Gasteiger partial charge in [-0.05, 0) is 28.7 Å². The Morgan fingerprint density at radius 2 is 1.69 bits per heavy atom. The molecule has 0 saturated carbocycles. The molecule has 0 heterocycles. The Bertz CT molecular complexity index is 474. The van der Waals surface area contributed by atoms with Gasteiger partial charge in [0.1, 0.15) is 0 Å². The van der Waals surface area contributed by atoms with Crippen molar-refractivity contribution < 1.29 is 5.11 Å². The minimum atomic E-state index is -0.249. The van der Waals surface area contributed by atoms with Gasteiger partial charge in [-0.3, -0.25) is 0 Å². The number of hydrogen-bond donors (Lipinski definition) is 1. The Labute approximate surface area is 96.7 Å². The van der Waals surface area contributed by atoms with Gasteiger partial charge in [-0.2, -0.15) is 0 Å². The van der Waals surface area contributed by atoms with E-state index in [0.717, 1.165) is 6.42 Å². The molecule has 1 heteroatoms. The van der Waals surface area contributed by atoms with Crippen molar-refractivity contribution in [2.75, 3.05) is 0 Å². The lowest BCUT2D eigenvalue weighted by molar-refractivity contribution is 0.126. The van der Waals surface area contributed by atoms with E-state index in [9.17, 15) is 5.11 Å². The number of aliphatic hydroxyl groups excluding tert-OH is 1. The molecule has 0 amide bonds. The Morgan fingerprint density at radius 1 is 1.00 bits per heavy atom. The van der Waals surface area contributed by atoms with Gasteiger partial charge in [0.2, 0.25) is 0 Å². The molecule has 2 aromatic carbocycles. The van der Waals surface area contributed by atoms with E-state index in [1.54, 1.807) is 0 Å². The molecule has 2 aromatic rings. The Morgan fingerprint density at radius 3 is 2.38 bits per heavy atom. The van der Waals surface area contributed by atoms with Crippen LogP contribution in [0, 0.1) is 5.92 Å². The third-order valence-electron chi connectivity index (χ3n) is 3.03. The van der Waals surface area contributed by atoms with Crippen LogP contribution in [-0.2, 0) is 6.42 Å². The molecule has 0 fully saturated rings. The molecule has 0 bridgehead atoms. The van der Waals surface area contributed by atoms with Gasteiger partial charge in [-0.25, -0.2) is 0 Å². The lowest BCUT2D eigenvalue weighted by Crippen LogP contribution is -2.17. The second kappa shape index (κ2) is 4.67. The van der Waals surface area contributed by atoms with Gasteiger partial charge >= 0.3 is 0 Å². The maximum Gasteiger partial charge on any atom is 0.0603 e. The van der Waals surface area contributed by atoms with Crippen LogP contribution >= 0.6 is 0 Å². The van der Waals surface area contributed by atoms with Crippen molar-refractivity contribution >= 4 is 10.8 Å². The summed E-state index contributed by atoms with van der Waals surface area (Å²) >= 11 is 0. The lowest BCUT2D eigenvalue weighted by atomic mass is 9.97. The van der Waals surface area contributed by atoms with E-state index in [2.05, 4.69) is 30.3 Å². The van der Waals surface area contributed by atoms with Crippen molar-refractivity contribution in [2.24, 2.45) is 5.92 Å². The number of rotatable bonds is 3. The maximum absolute atomic E-state index is 9.85. The zero-order chi connectivity index (χ0) is 11.5. The number of hydrogen-bond acceptors (Lipinski definition) is 1. The summed E-state index contributed by atoms with van der Waals surface area (Å²) in [7, 11) is 0. The number of benzene rings is 2. The molecule has 0 radical (unpaired) electrons. The summed E-state index contributed by atoms with van der Waals surface area (Å²) in [6, 6.07) is 14.7. The minimum absolute atomic E-state index is 0.249. The fraction of sp³-hybridized carbons (Fsp3) is 0.333. The molecule has 0 aliphatic carbocycles. The van der Waals surface area contributed by atoms with Crippen molar-refractivity contribution in [2.45, 2.75) is 26.4 Å². The van der Waals surface area contributed by atoms with Crippen LogP contribution in [-0.4, -0.2) is 11.2 Å². The molecule has 0 saturated heterocycles. The smallest absolute Gasteiger partial charge is 0.0603 e. The van der Waals surface area contributed by atoms with Gasteiger partial charge in [-0.1, -0.05) is 56.3 Å². The van der Waals surface area contributed by atoms with Gasteiger partial charge in [0.05, 0.1) is 6.10 Å². The van der Waals surface area contributed by atoms with Gasteiger partial charge in [0.25, 0.3) is 0 Å². The summed E-state index contributed by atoms with van der Waals surface area (Å²) in [6.45, 7) is 4.09. The highest BCUT2D eigenvalue weighted by Crippen LogP contribution is 2.18. The van der Waals surface area contributed by atoms with Crippen LogP contribution < -0.4 is 0 Å². The third kappa shape index (κ3) is 2.42. The predicted molar refractivity (Wildman–Crippen MR) is 68.5 cm³/mol. The zero-order valence-corrected chi connectivity index (χ0v) is 9.85. The first-order chi connectivity index (χ1) is 7.66. The Hall–Kier alpha value is -1.34. The zero-order valence-electron chi connectivity index (χ0n) is 9.85. The van der Waals surface area contributed by atoms with E-state index in [4.69, 9.17) is 0 Å². The van der Waals surface area contributed by atoms with Crippen molar-refractivity contribution in [1.29, 1.82) is 0 Å². The topological polar surface area (TPSA) is 20.2 Å². The van der Waals surface area contributed by atoms with Crippen molar-refractivity contribution in [3.05, 3.63) is 48.0 Å². The molecule has 0 aliphatic heterocycles. The molecule has 1 atom stereocenters. The normalized spacial score (nSPS) is 13.2. The average molecular weight is 214 g/mol. The summed E-state index contributed by atoms with van der Waals surface area (Å²) < 4.78 is 0. The highest BCUT2D eigenvalue weighted by Gasteiger charge is 2.09. The summed E-state index contributed by atoms with van der Waals surface area (Å²) in [6.07, 6.45) is 0.490. The van der Waals surface area contributed by atoms with E-state index >= 15 is 0 Å². The molecule has 0 aliphatic rings. The van der Waals surface area contributed by atoms with Gasteiger partial charge in [0, 0.05) is 0 Å². The molecule has 84 valence electrons. The SMILES string of the molecule is CC(C)C(O)Cc1ccc2ccccc2c1. The maximum atomic E-state index is 9.85. The first kappa shape index (κ1) is 11.2. The van der Waals surface area contributed by atoms with E-state index in [0.29, 0.717) is 5.92 Å². The van der Waals surface area contributed by atoms with Gasteiger partial charge in [-0.15, -0.1) is 0 Å². The van der Waals surface area contributed by atoms with Crippen molar-refractivity contribution in [3.63, 3.8) is 0 Å². The van der Waals surface area contributed by atoms with E-state index in [-0.39, 0.29) is 6.10 Å². The van der Waals surface area contributed by atoms with E-state index < -0.39 is 0 Å². The van der Waals surface area contributed by atoms with E-state index in [1.807, 2.05) is 26.0 Å². The van der Waals surface area contributed by atoms with Crippen LogP contribution in [0.25, 0.3) is 10.8 Å². The molecule has 0 aromatic heterocycles. The summed E-state index contributed by atoms with van der Waals surface area (Å²) in [4.78, 5) is 0. The van der Waals surface area contributed by atoms with Gasteiger partial charge in [0.15, 0.2) is 0 Å². The second-order valence-electron chi connectivity index (χ2n) is 4.70. The summed E-state index contributed by atoms with van der Waals surface area (Å²) in [5.41, 5.74) is 1.21. The van der Waals surface area contributed by atoms with Gasteiger partial charge < -0.3 is 5.11 Å². The van der Waals surface area contributed by atoms with Crippen LogP contribution in [0.3, 0.4) is 0 Å². The quantitative estimate of drug-likeness (QED) is 0.830. The average Bonchev–Trinajstić information content (AvgIpc) is 2.28. The molecule has 2 rings (SSSR count). The Balaban J connectivity index is 2.26. The van der Waals surface area contributed by atoms with E-state index in [1.165, 1.54) is 16.3 Å². The molecule has 16 heavy (non-hydrogen) atoms. The number of fused-ring (bicyclic) bond motifs is 1. The highest BCUT2D eigenvalue weighted by molar-refractivity contribution is 5.82. The van der Waals surface area contributed by atoms with Crippen LogP contribution in [0.15, 0.2) is 42.5 Å². The molecule has 0 spiro atoms. The van der Waals surface area contributed by atoms with Crippen molar-refractivity contribution in [1.82, 2.24) is 0 Å². The minimum Gasteiger partial charge on any atom is -0.393 e. The Kier molecular flexibility index (Phi) is 3.25. The molecular weight excluding hydrogens is 196 g/mol. The van der Waals surface area contributed by atoms with Crippen LogP contribution in [0.1, 0.15) is 19.4 Å². The summed E-state index contributed by atoms with van der Waals surface area (Å²) in [5, 5.41) is 12.4. The molecule has 1 nitrogen and oxygen atoms in total. The first-order valence-electron chi connectivity index (χ1n) is 5.82. The molecular formula is C15H18O. The second-order valence-corrected chi connectivity index (χ2v) is 4.70. The lowest BCUT2D eigenvalue weighted by Gasteiger charge is -2.14. The molecule has 1 N–H and O–H groups in total. The van der Waals surface area contributed by atoms with Crippen molar-refractivity contribution in [3.8, 4) is 0 Å². The number of aliphatic hydroxyl groups is 1. The summed E-state index contributed by atoms with van der Waals surface area (Å²) in [5.74, 6) is 0.312. The third-order valence-corrected chi connectivity index (χ3v) is 3.03. The fourth-order valence-corrected chi connectivity index (χ4v) is 1.84. The van der Waals surface area contributed by atoms with Crippen LogP contribution in [0.4, 0.5) is 0 Å².